The summed E-state index contributed by atoms with van der Waals surface area (Å²) in [7, 11) is -3.99. The molecular weight excluding hydrogens is 342 g/mol. The maximum atomic E-state index is 12.3. The van der Waals surface area contributed by atoms with Gasteiger partial charge in [-0.25, -0.2) is 17.9 Å². The first kappa shape index (κ1) is 18.5. The molecule has 4 N–H and O–H groups in total. The molecule has 0 saturated heterocycles. The van der Waals surface area contributed by atoms with Gasteiger partial charge in [0.2, 0.25) is 0 Å². The van der Waals surface area contributed by atoms with Crippen LogP contribution in [0.1, 0.15) is 27.0 Å². The summed E-state index contributed by atoms with van der Waals surface area (Å²) < 4.78 is 26.7. The number of sulfonamides is 1. The molecule has 132 valence electrons. The first-order valence-electron chi connectivity index (χ1n) is 7.45. The van der Waals surface area contributed by atoms with Crippen molar-refractivity contribution in [3.8, 4) is 0 Å². The lowest BCUT2D eigenvalue weighted by molar-refractivity contribution is 0.0981. The van der Waals surface area contributed by atoms with E-state index in [1.165, 1.54) is 24.3 Å². The number of nitrogens with one attached hydrogen (secondary N) is 2. The van der Waals surface area contributed by atoms with Gasteiger partial charge in [0.25, 0.3) is 15.9 Å². The largest absolute Gasteiger partial charge is 0.352 e. The lowest BCUT2D eigenvalue weighted by Crippen LogP contribution is -2.31. The van der Waals surface area contributed by atoms with Crippen molar-refractivity contribution in [2.24, 2.45) is 5.73 Å². The topological polar surface area (TPSA) is 118 Å². The average molecular weight is 361 g/mol. The van der Waals surface area contributed by atoms with E-state index < -0.39 is 22.0 Å². The molecule has 0 radical (unpaired) electrons. The van der Waals surface area contributed by atoms with Gasteiger partial charge < -0.3 is 11.1 Å². The Morgan fingerprint density at radius 3 is 2.08 bits per heavy atom. The number of urea groups is 1. The van der Waals surface area contributed by atoms with Crippen molar-refractivity contribution in [2.45, 2.75) is 25.3 Å². The molecule has 8 heteroatoms. The fourth-order valence-corrected chi connectivity index (χ4v) is 3.30. The molecule has 0 unspecified atom stereocenters. The molecular formula is C17H19N3O4S. The van der Waals surface area contributed by atoms with Crippen LogP contribution in [-0.2, 0) is 16.6 Å². The fraction of sp³-hybridized carbons (Fsp3) is 0.176. The zero-order valence-electron chi connectivity index (χ0n) is 13.9. The molecule has 25 heavy (non-hydrogen) atoms. The van der Waals surface area contributed by atoms with Crippen LogP contribution in [0.5, 0.6) is 0 Å². The number of hydrogen-bond acceptors (Lipinski definition) is 4. The SMILES string of the molecule is Cc1cc(C)cc(C(=O)NS(=O)(=O)c2ccc(CNC(N)=O)cc2)c1. The van der Waals surface area contributed by atoms with E-state index in [9.17, 15) is 18.0 Å². The van der Waals surface area contributed by atoms with Crippen LogP contribution in [0.3, 0.4) is 0 Å². The second-order valence-corrected chi connectivity index (χ2v) is 7.36. The molecule has 0 aliphatic heterocycles. The van der Waals surface area contributed by atoms with Gasteiger partial charge in [0.05, 0.1) is 4.90 Å². The zero-order chi connectivity index (χ0) is 18.6. The van der Waals surface area contributed by atoms with Gasteiger partial charge in [0, 0.05) is 12.1 Å². The maximum Gasteiger partial charge on any atom is 0.312 e. The van der Waals surface area contributed by atoms with Crippen LogP contribution < -0.4 is 15.8 Å². The van der Waals surface area contributed by atoms with Crippen molar-refractivity contribution in [3.63, 3.8) is 0 Å². The van der Waals surface area contributed by atoms with Crippen LogP contribution in [0, 0.1) is 13.8 Å². The minimum atomic E-state index is -3.99. The number of nitrogens with two attached hydrogens (primary N) is 1. The van der Waals surface area contributed by atoms with Crippen molar-refractivity contribution in [3.05, 3.63) is 64.7 Å². The van der Waals surface area contributed by atoms with Crippen molar-refractivity contribution in [1.82, 2.24) is 10.0 Å². The molecule has 0 spiro atoms. The maximum absolute atomic E-state index is 12.3. The van der Waals surface area contributed by atoms with E-state index in [0.717, 1.165) is 11.1 Å². The molecule has 0 aliphatic carbocycles. The van der Waals surface area contributed by atoms with E-state index in [1.807, 2.05) is 19.9 Å². The highest BCUT2D eigenvalue weighted by Crippen LogP contribution is 2.13. The fourth-order valence-electron chi connectivity index (χ4n) is 2.32. The Hall–Kier alpha value is -2.87. The van der Waals surface area contributed by atoms with E-state index in [1.54, 1.807) is 12.1 Å². The molecule has 7 nitrogen and oxygen atoms in total. The Kier molecular flexibility index (Phi) is 5.43. The van der Waals surface area contributed by atoms with Crippen LogP contribution in [-0.4, -0.2) is 20.4 Å². The first-order chi connectivity index (χ1) is 11.7. The van der Waals surface area contributed by atoms with Gasteiger partial charge in [-0.3, -0.25) is 4.79 Å². The summed E-state index contributed by atoms with van der Waals surface area (Å²) in [6, 6.07) is 10.2. The number of rotatable bonds is 5. The summed E-state index contributed by atoms with van der Waals surface area (Å²) in [5.41, 5.74) is 7.68. The normalized spacial score (nSPS) is 11.0. The molecule has 0 fully saturated rings. The number of primary amides is 1. The second-order valence-electron chi connectivity index (χ2n) is 5.67. The smallest absolute Gasteiger partial charge is 0.312 e. The average Bonchev–Trinajstić information content (AvgIpc) is 2.52. The molecule has 0 atom stereocenters. The van der Waals surface area contributed by atoms with E-state index in [4.69, 9.17) is 5.73 Å². The number of amides is 3. The van der Waals surface area contributed by atoms with E-state index in [2.05, 4.69) is 10.0 Å². The van der Waals surface area contributed by atoms with Crippen molar-refractivity contribution in [1.29, 1.82) is 0 Å². The number of carbonyl (C=O) groups is 2. The highest BCUT2D eigenvalue weighted by atomic mass is 32.2. The number of carbonyl (C=O) groups excluding carboxylic acids is 2. The molecule has 0 heterocycles. The van der Waals surface area contributed by atoms with E-state index >= 15 is 0 Å². The Balaban J connectivity index is 2.15. The minimum absolute atomic E-state index is 0.0481. The zero-order valence-corrected chi connectivity index (χ0v) is 14.7. The Morgan fingerprint density at radius 2 is 1.56 bits per heavy atom. The van der Waals surface area contributed by atoms with Crippen LogP contribution in [0.4, 0.5) is 4.79 Å². The van der Waals surface area contributed by atoms with Gasteiger partial charge in [0.1, 0.15) is 0 Å². The van der Waals surface area contributed by atoms with Gasteiger partial charge in [-0.1, -0.05) is 29.3 Å². The third kappa shape index (κ3) is 5.05. The molecule has 0 aliphatic rings. The summed E-state index contributed by atoms with van der Waals surface area (Å²) in [4.78, 5) is 22.9. The summed E-state index contributed by atoms with van der Waals surface area (Å²) in [6.45, 7) is 3.85. The van der Waals surface area contributed by atoms with E-state index in [0.29, 0.717) is 5.56 Å². The highest BCUT2D eigenvalue weighted by Gasteiger charge is 2.19. The summed E-state index contributed by atoms with van der Waals surface area (Å²) in [5.74, 6) is -0.689. The summed E-state index contributed by atoms with van der Waals surface area (Å²) >= 11 is 0. The quantitative estimate of drug-likeness (QED) is 0.749. The van der Waals surface area contributed by atoms with Crippen LogP contribution in [0.25, 0.3) is 0 Å². The van der Waals surface area contributed by atoms with Gasteiger partial charge in [-0.2, -0.15) is 0 Å². The molecule has 2 aromatic carbocycles. The standard InChI is InChI=1S/C17H19N3O4S/c1-11-7-12(2)9-14(8-11)16(21)20-25(23,24)15-5-3-13(4-6-15)10-19-17(18)22/h3-9H,10H2,1-2H3,(H,20,21)(H3,18,19,22). The Labute approximate surface area is 146 Å². The van der Waals surface area contributed by atoms with Crippen LogP contribution in [0.15, 0.2) is 47.4 Å². The number of aryl methyl sites for hydroxylation is 2. The third-order valence-corrected chi connectivity index (χ3v) is 4.76. The predicted molar refractivity (Wildman–Crippen MR) is 93.4 cm³/mol. The van der Waals surface area contributed by atoms with Gasteiger partial charge in [-0.15, -0.1) is 0 Å². The molecule has 2 rings (SSSR count). The molecule has 3 amide bonds. The molecule has 0 saturated carbocycles. The van der Waals surface area contributed by atoms with E-state index in [-0.39, 0.29) is 17.0 Å². The highest BCUT2D eigenvalue weighted by molar-refractivity contribution is 7.90. The minimum Gasteiger partial charge on any atom is -0.352 e. The third-order valence-electron chi connectivity index (χ3n) is 3.41. The lowest BCUT2D eigenvalue weighted by Gasteiger charge is -2.09. The first-order valence-corrected chi connectivity index (χ1v) is 8.93. The monoisotopic (exact) mass is 361 g/mol. The predicted octanol–water partition coefficient (Wildman–Crippen LogP) is 1.59. The van der Waals surface area contributed by atoms with Crippen LogP contribution in [0.2, 0.25) is 0 Å². The Bertz CT molecular complexity index is 886. The van der Waals surface area contributed by atoms with Gasteiger partial charge in [0.15, 0.2) is 0 Å². The molecule has 0 bridgehead atoms. The van der Waals surface area contributed by atoms with Crippen molar-refractivity contribution < 1.29 is 18.0 Å². The number of benzene rings is 2. The van der Waals surface area contributed by atoms with Crippen molar-refractivity contribution >= 4 is 22.0 Å². The van der Waals surface area contributed by atoms with Crippen molar-refractivity contribution in [2.75, 3.05) is 0 Å². The molecule has 2 aromatic rings. The summed E-state index contributed by atoms with van der Waals surface area (Å²) in [6.07, 6.45) is 0. The summed E-state index contributed by atoms with van der Waals surface area (Å²) in [5, 5.41) is 2.40. The van der Waals surface area contributed by atoms with Gasteiger partial charge in [-0.05, 0) is 43.7 Å². The van der Waals surface area contributed by atoms with Gasteiger partial charge >= 0.3 is 6.03 Å². The number of hydrogen-bond donors (Lipinski definition) is 3. The second kappa shape index (κ2) is 7.35. The lowest BCUT2D eigenvalue weighted by atomic mass is 10.1. The Morgan fingerprint density at radius 1 is 1.00 bits per heavy atom. The van der Waals surface area contributed by atoms with Crippen LogP contribution >= 0.6 is 0 Å². The molecule has 0 aromatic heterocycles.